The molecule has 0 saturated carbocycles. The standard InChI is InChI=1S/C20H15ClN4/c1-14-7-12-18-22-19(15-5-3-2-4-6-15)20(25(18)13-14)24-23-17-10-8-16(21)9-11-17/h2-13H,1H3. The van der Waals surface area contributed by atoms with Gasteiger partial charge in [-0.15, -0.1) is 10.2 Å². The van der Waals surface area contributed by atoms with Gasteiger partial charge in [-0.3, -0.25) is 4.40 Å². The quantitative estimate of drug-likeness (QED) is 0.397. The molecule has 0 atom stereocenters. The fourth-order valence-corrected chi connectivity index (χ4v) is 2.76. The number of aromatic nitrogens is 2. The van der Waals surface area contributed by atoms with Gasteiger partial charge in [-0.25, -0.2) is 4.98 Å². The van der Waals surface area contributed by atoms with Crippen LogP contribution in [0.2, 0.25) is 5.02 Å². The number of imidazole rings is 1. The van der Waals surface area contributed by atoms with E-state index in [9.17, 15) is 0 Å². The summed E-state index contributed by atoms with van der Waals surface area (Å²) in [5, 5.41) is 9.53. The molecular weight excluding hydrogens is 332 g/mol. The Morgan fingerprint density at radius 2 is 1.64 bits per heavy atom. The molecule has 0 radical (unpaired) electrons. The molecule has 0 amide bonds. The van der Waals surface area contributed by atoms with E-state index in [2.05, 4.69) is 10.2 Å². The first-order chi connectivity index (χ1) is 12.2. The van der Waals surface area contributed by atoms with Crippen LogP contribution in [-0.2, 0) is 0 Å². The van der Waals surface area contributed by atoms with Crippen molar-refractivity contribution in [1.29, 1.82) is 0 Å². The average Bonchev–Trinajstić information content (AvgIpc) is 3.00. The molecule has 0 N–H and O–H groups in total. The molecule has 122 valence electrons. The Bertz CT molecular complexity index is 1050. The van der Waals surface area contributed by atoms with Crippen LogP contribution < -0.4 is 0 Å². The van der Waals surface area contributed by atoms with Crippen LogP contribution in [-0.4, -0.2) is 9.38 Å². The van der Waals surface area contributed by atoms with Crippen LogP contribution in [0.1, 0.15) is 5.56 Å². The Morgan fingerprint density at radius 3 is 2.40 bits per heavy atom. The minimum absolute atomic E-state index is 0.675. The van der Waals surface area contributed by atoms with Gasteiger partial charge in [0, 0.05) is 16.8 Å². The maximum atomic E-state index is 5.93. The van der Waals surface area contributed by atoms with Gasteiger partial charge in [-0.05, 0) is 42.8 Å². The van der Waals surface area contributed by atoms with Gasteiger partial charge in [0.2, 0.25) is 0 Å². The molecule has 2 heterocycles. The van der Waals surface area contributed by atoms with Crippen molar-refractivity contribution >= 4 is 28.8 Å². The summed E-state index contributed by atoms with van der Waals surface area (Å²) in [6.07, 6.45) is 2.02. The first kappa shape index (κ1) is 15.5. The van der Waals surface area contributed by atoms with E-state index in [0.29, 0.717) is 10.8 Å². The molecular formula is C20H15ClN4. The van der Waals surface area contributed by atoms with Crippen molar-refractivity contribution in [2.24, 2.45) is 10.2 Å². The highest BCUT2D eigenvalue weighted by atomic mass is 35.5. The molecule has 0 fully saturated rings. The molecule has 2 aromatic carbocycles. The zero-order valence-corrected chi connectivity index (χ0v) is 14.4. The topological polar surface area (TPSA) is 42.0 Å². The molecule has 0 aliphatic carbocycles. The predicted molar refractivity (Wildman–Crippen MR) is 101 cm³/mol. The van der Waals surface area contributed by atoms with Crippen LogP contribution >= 0.6 is 11.6 Å². The van der Waals surface area contributed by atoms with Gasteiger partial charge in [0.1, 0.15) is 11.3 Å². The maximum absolute atomic E-state index is 5.93. The third-order valence-electron chi connectivity index (χ3n) is 3.88. The van der Waals surface area contributed by atoms with Crippen molar-refractivity contribution in [2.45, 2.75) is 6.92 Å². The minimum Gasteiger partial charge on any atom is -0.282 e. The highest BCUT2D eigenvalue weighted by Gasteiger charge is 2.13. The number of fused-ring (bicyclic) bond motifs is 1. The third-order valence-corrected chi connectivity index (χ3v) is 4.13. The van der Waals surface area contributed by atoms with Gasteiger partial charge in [0.05, 0.1) is 5.69 Å². The molecule has 4 rings (SSSR count). The van der Waals surface area contributed by atoms with Crippen molar-refractivity contribution in [3.05, 3.63) is 83.5 Å². The first-order valence-electron chi connectivity index (χ1n) is 7.92. The van der Waals surface area contributed by atoms with E-state index < -0.39 is 0 Å². The third kappa shape index (κ3) is 3.16. The van der Waals surface area contributed by atoms with Crippen LogP contribution in [0.3, 0.4) is 0 Å². The van der Waals surface area contributed by atoms with Gasteiger partial charge >= 0.3 is 0 Å². The smallest absolute Gasteiger partial charge is 0.187 e. The Labute approximate surface area is 150 Å². The number of rotatable bonds is 3. The Balaban J connectivity index is 1.87. The SMILES string of the molecule is Cc1ccc2nc(-c3ccccc3)c(N=Nc3ccc(Cl)cc3)n2c1. The Morgan fingerprint density at radius 1 is 0.880 bits per heavy atom. The van der Waals surface area contributed by atoms with Gasteiger partial charge in [-0.1, -0.05) is 48.0 Å². The van der Waals surface area contributed by atoms with E-state index >= 15 is 0 Å². The molecule has 4 nitrogen and oxygen atoms in total. The van der Waals surface area contributed by atoms with Crippen molar-refractivity contribution in [2.75, 3.05) is 0 Å². The summed E-state index contributed by atoms with van der Waals surface area (Å²) in [6.45, 7) is 2.04. The molecule has 5 heteroatoms. The molecule has 2 aromatic heterocycles. The second-order valence-electron chi connectivity index (χ2n) is 5.76. The number of nitrogens with zero attached hydrogens (tertiary/aromatic N) is 4. The van der Waals surface area contributed by atoms with E-state index in [0.717, 1.165) is 28.2 Å². The summed E-state index contributed by atoms with van der Waals surface area (Å²) < 4.78 is 1.97. The minimum atomic E-state index is 0.675. The molecule has 0 saturated heterocycles. The number of hydrogen-bond acceptors (Lipinski definition) is 3. The molecule has 0 aliphatic heterocycles. The first-order valence-corrected chi connectivity index (χ1v) is 8.30. The van der Waals surface area contributed by atoms with Crippen molar-refractivity contribution in [3.8, 4) is 11.3 Å². The van der Waals surface area contributed by atoms with Gasteiger partial charge < -0.3 is 0 Å². The monoisotopic (exact) mass is 346 g/mol. The zero-order chi connectivity index (χ0) is 17.2. The summed E-state index contributed by atoms with van der Waals surface area (Å²) in [6, 6.07) is 21.3. The van der Waals surface area contributed by atoms with Crippen LogP contribution in [0.5, 0.6) is 0 Å². The van der Waals surface area contributed by atoms with E-state index in [1.807, 2.05) is 72.1 Å². The normalized spacial score (nSPS) is 11.4. The van der Waals surface area contributed by atoms with Crippen molar-refractivity contribution in [1.82, 2.24) is 9.38 Å². The predicted octanol–water partition coefficient (Wildman–Crippen LogP) is 6.38. The maximum Gasteiger partial charge on any atom is 0.187 e. The second-order valence-corrected chi connectivity index (χ2v) is 6.20. The summed E-state index contributed by atoms with van der Waals surface area (Å²) >= 11 is 5.93. The molecule has 0 unspecified atom stereocenters. The zero-order valence-electron chi connectivity index (χ0n) is 13.6. The van der Waals surface area contributed by atoms with E-state index in [-0.39, 0.29) is 0 Å². The van der Waals surface area contributed by atoms with Crippen LogP contribution in [0.25, 0.3) is 16.9 Å². The van der Waals surface area contributed by atoms with Crippen LogP contribution in [0, 0.1) is 6.92 Å². The number of halogens is 1. The largest absolute Gasteiger partial charge is 0.282 e. The molecule has 0 aliphatic rings. The highest BCUT2D eigenvalue weighted by molar-refractivity contribution is 6.30. The fourth-order valence-electron chi connectivity index (χ4n) is 2.64. The highest BCUT2D eigenvalue weighted by Crippen LogP contribution is 2.32. The number of azo groups is 1. The number of pyridine rings is 1. The lowest BCUT2D eigenvalue weighted by molar-refractivity contribution is 1.09. The molecule has 25 heavy (non-hydrogen) atoms. The van der Waals surface area contributed by atoms with Crippen molar-refractivity contribution in [3.63, 3.8) is 0 Å². The lowest BCUT2D eigenvalue weighted by Gasteiger charge is -2.00. The second kappa shape index (κ2) is 6.49. The number of aryl methyl sites for hydroxylation is 1. The average molecular weight is 347 g/mol. The molecule has 0 bridgehead atoms. The summed E-state index contributed by atoms with van der Waals surface area (Å²) in [4.78, 5) is 4.74. The molecule has 0 spiro atoms. The van der Waals surface area contributed by atoms with Crippen LogP contribution in [0.15, 0.2) is 83.2 Å². The van der Waals surface area contributed by atoms with Crippen LogP contribution in [0.4, 0.5) is 11.5 Å². The van der Waals surface area contributed by atoms with Crippen molar-refractivity contribution < 1.29 is 0 Å². The summed E-state index contributed by atoms with van der Waals surface area (Å²) in [5.41, 5.74) is 4.53. The summed E-state index contributed by atoms with van der Waals surface area (Å²) in [5.74, 6) is 0.708. The fraction of sp³-hybridized carbons (Fsp3) is 0.0500. The van der Waals surface area contributed by atoms with E-state index in [4.69, 9.17) is 16.6 Å². The van der Waals surface area contributed by atoms with E-state index in [1.54, 1.807) is 12.1 Å². The lowest BCUT2D eigenvalue weighted by Crippen LogP contribution is -1.84. The van der Waals surface area contributed by atoms with E-state index in [1.165, 1.54) is 0 Å². The number of hydrogen-bond donors (Lipinski definition) is 0. The Hall–Kier alpha value is -2.98. The number of benzene rings is 2. The lowest BCUT2D eigenvalue weighted by atomic mass is 10.1. The Kier molecular flexibility index (Phi) is 4.04. The van der Waals surface area contributed by atoms with Gasteiger partial charge in [0.15, 0.2) is 5.82 Å². The summed E-state index contributed by atoms with van der Waals surface area (Å²) in [7, 11) is 0. The molecule has 4 aromatic rings. The van der Waals surface area contributed by atoms with Gasteiger partial charge in [-0.2, -0.15) is 0 Å². The van der Waals surface area contributed by atoms with Gasteiger partial charge in [0.25, 0.3) is 0 Å².